The Morgan fingerprint density at radius 1 is 1.09 bits per heavy atom. The second-order valence-electron chi connectivity index (χ2n) is 7.63. The van der Waals surface area contributed by atoms with Crippen LogP contribution in [0.3, 0.4) is 0 Å². The molecule has 2 aromatic carbocycles. The van der Waals surface area contributed by atoms with E-state index < -0.39 is 5.92 Å². The van der Waals surface area contributed by atoms with Crippen LogP contribution in [-0.4, -0.2) is 17.6 Å². The fraction of sp³-hybridized carbons (Fsp3) is 0.115. The van der Waals surface area contributed by atoms with Gasteiger partial charge in [-0.1, -0.05) is 53.7 Å². The van der Waals surface area contributed by atoms with Crippen molar-refractivity contribution < 1.29 is 9.59 Å². The third kappa shape index (κ3) is 5.95. The topological polar surface area (TPSA) is 94.0 Å². The van der Waals surface area contributed by atoms with Gasteiger partial charge in [0.25, 0.3) is 5.91 Å². The SMILES string of the molecule is CC1=C(C(=O)Nc2ccccc2)C(c2cccs2)C(C#N)=C(SCC(=O)Nc2cccc(Cl)c2)N1. The highest BCUT2D eigenvalue weighted by Gasteiger charge is 2.35. The summed E-state index contributed by atoms with van der Waals surface area (Å²) in [6.45, 7) is 1.81. The molecular formula is C26H21ClN4O2S2. The molecule has 2 amide bonds. The second-order valence-corrected chi connectivity index (χ2v) is 10.0. The lowest BCUT2D eigenvalue weighted by Gasteiger charge is -2.29. The largest absolute Gasteiger partial charge is 0.353 e. The quantitative estimate of drug-likeness (QED) is 0.349. The Labute approximate surface area is 216 Å². The van der Waals surface area contributed by atoms with Crippen LogP contribution in [0.2, 0.25) is 5.02 Å². The molecule has 6 nitrogen and oxygen atoms in total. The Morgan fingerprint density at radius 2 is 1.86 bits per heavy atom. The summed E-state index contributed by atoms with van der Waals surface area (Å²) in [6, 6.07) is 22.2. The Balaban J connectivity index is 1.58. The van der Waals surface area contributed by atoms with Gasteiger partial charge in [0.15, 0.2) is 0 Å². The molecule has 3 N–H and O–H groups in total. The number of nitriles is 1. The number of hydrogen-bond acceptors (Lipinski definition) is 6. The van der Waals surface area contributed by atoms with Gasteiger partial charge < -0.3 is 16.0 Å². The number of rotatable bonds is 7. The molecule has 0 spiro atoms. The van der Waals surface area contributed by atoms with Gasteiger partial charge in [0.2, 0.25) is 5.91 Å². The van der Waals surface area contributed by atoms with Gasteiger partial charge in [-0.15, -0.1) is 11.3 Å². The van der Waals surface area contributed by atoms with Crippen molar-refractivity contribution in [1.82, 2.24) is 5.32 Å². The number of carbonyl (C=O) groups is 2. The summed E-state index contributed by atoms with van der Waals surface area (Å²) in [5.74, 6) is -0.972. The molecule has 9 heteroatoms. The highest BCUT2D eigenvalue weighted by Crippen LogP contribution is 2.42. The summed E-state index contributed by atoms with van der Waals surface area (Å²) in [7, 11) is 0. The van der Waals surface area contributed by atoms with E-state index in [1.807, 2.05) is 47.8 Å². The van der Waals surface area contributed by atoms with Crippen LogP contribution < -0.4 is 16.0 Å². The summed E-state index contributed by atoms with van der Waals surface area (Å²) < 4.78 is 0. The maximum atomic E-state index is 13.3. The third-order valence-corrected chi connectivity index (χ3v) is 7.40. The molecule has 0 saturated heterocycles. The van der Waals surface area contributed by atoms with E-state index in [1.165, 1.54) is 23.1 Å². The molecule has 0 bridgehead atoms. The number of allylic oxidation sites excluding steroid dienone is 2. The normalized spacial score (nSPS) is 15.3. The van der Waals surface area contributed by atoms with Crippen LogP contribution in [0.1, 0.15) is 17.7 Å². The van der Waals surface area contributed by atoms with Gasteiger partial charge >= 0.3 is 0 Å². The summed E-state index contributed by atoms with van der Waals surface area (Å²) in [5.41, 5.74) is 2.77. The van der Waals surface area contributed by atoms with Crippen LogP contribution in [0.5, 0.6) is 0 Å². The lowest BCUT2D eigenvalue weighted by Crippen LogP contribution is -2.30. The lowest BCUT2D eigenvalue weighted by molar-refractivity contribution is -0.114. The smallest absolute Gasteiger partial charge is 0.254 e. The predicted octanol–water partition coefficient (Wildman–Crippen LogP) is 6.11. The molecule has 176 valence electrons. The number of anilines is 2. The molecule has 3 aromatic rings. The van der Waals surface area contributed by atoms with E-state index in [9.17, 15) is 14.9 Å². The van der Waals surface area contributed by atoms with Crippen molar-refractivity contribution in [2.75, 3.05) is 16.4 Å². The number of thiophene rings is 1. The molecule has 1 aliphatic heterocycles. The number of benzene rings is 2. The standard InChI is InChI=1S/C26H21ClN4O2S2/c1-16-23(25(33)31-18-8-3-2-4-9-18)24(21-11-6-12-34-21)20(14-28)26(29-16)35-15-22(32)30-19-10-5-7-17(27)13-19/h2-13,24,29H,15H2,1H3,(H,30,32)(H,31,33). The van der Waals surface area contributed by atoms with Gasteiger partial charge in [-0.25, -0.2) is 0 Å². The zero-order valence-corrected chi connectivity index (χ0v) is 21.1. The van der Waals surface area contributed by atoms with Crippen molar-refractivity contribution in [3.8, 4) is 6.07 Å². The van der Waals surface area contributed by atoms with Gasteiger partial charge in [0, 0.05) is 32.5 Å². The number of para-hydroxylation sites is 1. The lowest BCUT2D eigenvalue weighted by atomic mass is 9.86. The number of amides is 2. The first-order valence-electron chi connectivity index (χ1n) is 10.7. The van der Waals surface area contributed by atoms with Crippen LogP contribution in [0.25, 0.3) is 0 Å². The molecule has 35 heavy (non-hydrogen) atoms. The Bertz CT molecular complexity index is 1350. The van der Waals surface area contributed by atoms with Crippen LogP contribution in [0.15, 0.2) is 94.0 Å². The number of halogens is 1. The van der Waals surface area contributed by atoms with E-state index in [-0.39, 0.29) is 17.6 Å². The molecule has 1 aromatic heterocycles. The van der Waals surface area contributed by atoms with E-state index in [2.05, 4.69) is 22.0 Å². The molecule has 0 saturated carbocycles. The van der Waals surface area contributed by atoms with Crippen molar-refractivity contribution in [1.29, 1.82) is 5.26 Å². The van der Waals surface area contributed by atoms with Crippen molar-refractivity contribution >= 4 is 57.9 Å². The first-order valence-corrected chi connectivity index (χ1v) is 12.9. The van der Waals surface area contributed by atoms with Crippen molar-refractivity contribution in [2.24, 2.45) is 0 Å². The fourth-order valence-electron chi connectivity index (χ4n) is 3.69. The highest BCUT2D eigenvalue weighted by atomic mass is 35.5. The molecule has 1 aliphatic rings. The Morgan fingerprint density at radius 3 is 2.54 bits per heavy atom. The first kappa shape index (κ1) is 24.6. The van der Waals surface area contributed by atoms with Crippen molar-refractivity contribution in [3.05, 3.63) is 104 Å². The van der Waals surface area contributed by atoms with E-state index in [0.717, 1.165) is 4.88 Å². The average molecular weight is 521 g/mol. The van der Waals surface area contributed by atoms with Crippen molar-refractivity contribution in [2.45, 2.75) is 12.8 Å². The van der Waals surface area contributed by atoms with E-state index in [0.29, 0.717) is 38.3 Å². The zero-order valence-electron chi connectivity index (χ0n) is 18.7. The number of carbonyl (C=O) groups excluding carboxylic acids is 2. The minimum Gasteiger partial charge on any atom is -0.353 e. The third-order valence-electron chi connectivity index (χ3n) is 5.21. The maximum Gasteiger partial charge on any atom is 0.254 e. The summed E-state index contributed by atoms with van der Waals surface area (Å²) in [4.78, 5) is 26.8. The first-order chi connectivity index (χ1) is 17.0. The van der Waals surface area contributed by atoms with Gasteiger partial charge in [-0.2, -0.15) is 5.26 Å². The number of thioether (sulfide) groups is 1. The molecule has 0 fully saturated rings. The van der Waals surface area contributed by atoms with E-state index in [1.54, 1.807) is 31.2 Å². The summed E-state index contributed by atoms with van der Waals surface area (Å²) in [6.07, 6.45) is 0. The van der Waals surface area contributed by atoms with E-state index >= 15 is 0 Å². The highest BCUT2D eigenvalue weighted by molar-refractivity contribution is 8.03. The monoisotopic (exact) mass is 520 g/mol. The van der Waals surface area contributed by atoms with Crippen LogP contribution in [0, 0.1) is 11.3 Å². The van der Waals surface area contributed by atoms with Crippen LogP contribution in [-0.2, 0) is 9.59 Å². The van der Waals surface area contributed by atoms with Crippen LogP contribution in [0.4, 0.5) is 11.4 Å². The number of dihydropyridines is 1. The minimum absolute atomic E-state index is 0.0794. The molecule has 1 unspecified atom stereocenters. The van der Waals surface area contributed by atoms with Gasteiger partial charge in [-0.05, 0) is 48.7 Å². The Kier molecular flexibility index (Phi) is 7.93. The molecular weight excluding hydrogens is 500 g/mol. The molecule has 4 rings (SSSR count). The fourth-order valence-corrected chi connectivity index (χ4v) is 5.61. The van der Waals surface area contributed by atoms with E-state index in [4.69, 9.17) is 11.6 Å². The van der Waals surface area contributed by atoms with Crippen molar-refractivity contribution in [3.63, 3.8) is 0 Å². The number of nitrogens with zero attached hydrogens (tertiary/aromatic N) is 1. The molecule has 0 radical (unpaired) electrons. The maximum absolute atomic E-state index is 13.3. The average Bonchev–Trinajstić information content (AvgIpc) is 3.37. The second kappa shape index (κ2) is 11.3. The zero-order chi connectivity index (χ0) is 24.8. The number of nitrogens with one attached hydrogen (secondary N) is 3. The van der Waals surface area contributed by atoms with Crippen LogP contribution >= 0.6 is 34.7 Å². The Hall–Kier alpha value is -3.51. The van der Waals surface area contributed by atoms with Gasteiger partial charge in [-0.3, -0.25) is 9.59 Å². The number of hydrogen-bond donors (Lipinski definition) is 3. The summed E-state index contributed by atoms with van der Waals surface area (Å²) in [5, 5.41) is 22.0. The minimum atomic E-state index is -0.538. The van der Waals surface area contributed by atoms with Gasteiger partial charge in [0.05, 0.1) is 28.3 Å². The molecule has 2 heterocycles. The predicted molar refractivity (Wildman–Crippen MR) is 143 cm³/mol. The van der Waals surface area contributed by atoms with Gasteiger partial charge in [0.1, 0.15) is 0 Å². The molecule has 1 atom stereocenters. The summed E-state index contributed by atoms with van der Waals surface area (Å²) >= 11 is 8.69. The molecule has 0 aliphatic carbocycles.